The topological polar surface area (TPSA) is 116 Å². The summed E-state index contributed by atoms with van der Waals surface area (Å²) in [5, 5.41) is 12.2. The van der Waals surface area contributed by atoms with Gasteiger partial charge in [-0.25, -0.2) is 8.42 Å². The van der Waals surface area contributed by atoms with Gasteiger partial charge in [0.15, 0.2) is 0 Å². The first-order valence-corrected chi connectivity index (χ1v) is 13.0. The fourth-order valence-electron chi connectivity index (χ4n) is 3.96. The smallest absolute Gasteiger partial charge is 0.266 e. The molecular formula is C25H31N5O3S. The number of hydrogen-bond donors (Lipinski definition) is 2. The maximum Gasteiger partial charge on any atom is 0.266 e. The second kappa shape index (κ2) is 11.2. The molecule has 0 radical (unpaired) electrons. The van der Waals surface area contributed by atoms with Crippen LogP contribution in [0.1, 0.15) is 56.0 Å². The molecule has 0 saturated heterocycles. The van der Waals surface area contributed by atoms with Gasteiger partial charge in [0, 0.05) is 36.6 Å². The summed E-state index contributed by atoms with van der Waals surface area (Å²) in [6, 6.07) is 9.87. The van der Waals surface area contributed by atoms with Crippen molar-refractivity contribution in [3.8, 4) is 6.07 Å². The monoisotopic (exact) mass is 481 g/mol. The van der Waals surface area contributed by atoms with E-state index < -0.39 is 15.9 Å². The summed E-state index contributed by atoms with van der Waals surface area (Å²) in [5.41, 5.74) is 3.08. The van der Waals surface area contributed by atoms with Crippen LogP contribution in [0.3, 0.4) is 0 Å². The van der Waals surface area contributed by atoms with E-state index in [4.69, 9.17) is 0 Å². The number of nitrogens with zero attached hydrogens (tertiary/aromatic N) is 3. The molecule has 180 valence electrons. The first-order valence-electron chi connectivity index (χ1n) is 11.5. The first-order chi connectivity index (χ1) is 16.2. The van der Waals surface area contributed by atoms with Crippen molar-refractivity contribution in [2.75, 3.05) is 11.9 Å². The zero-order chi connectivity index (χ0) is 24.7. The third kappa shape index (κ3) is 6.14. The van der Waals surface area contributed by atoms with Crippen molar-refractivity contribution in [2.45, 2.75) is 64.3 Å². The van der Waals surface area contributed by atoms with Crippen molar-refractivity contribution < 1.29 is 13.2 Å². The SMILES string of the molecule is CCCn1c(C)cc(/C=C(\C#N)C(=O)Nc2cccc(S(=O)(=O)NC3=NCCCCC3)c2)c1C. The molecule has 34 heavy (non-hydrogen) atoms. The predicted octanol–water partition coefficient (Wildman–Crippen LogP) is 4.31. The number of anilines is 1. The number of carbonyl (C=O) groups is 1. The minimum Gasteiger partial charge on any atom is -0.349 e. The Kier molecular flexibility index (Phi) is 8.29. The number of sulfonamides is 1. The number of nitriles is 1. The fourth-order valence-corrected chi connectivity index (χ4v) is 5.09. The number of rotatable bonds is 7. The molecule has 0 fully saturated rings. The fraction of sp³-hybridized carbons (Fsp3) is 0.400. The Balaban J connectivity index is 1.79. The minimum atomic E-state index is -3.84. The molecule has 3 rings (SSSR count). The van der Waals surface area contributed by atoms with Crippen LogP contribution in [0.4, 0.5) is 5.69 Å². The molecule has 1 aromatic heterocycles. The number of carbonyl (C=O) groups excluding carboxylic acids is 1. The van der Waals surface area contributed by atoms with Gasteiger partial charge in [0.1, 0.15) is 17.5 Å². The molecule has 1 amide bonds. The molecule has 0 unspecified atom stereocenters. The lowest BCUT2D eigenvalue weighted by Gasteiger charge is -2.11. The summed E-state index contributed by atoms with van der Waals surface area (Å²) >= 11 is 0. The van der Waals surface area contributed by atoms with Gasteiger partial charge in [-0.1, -0.05) is 19.4 Å². The van der Waals surface area contributed by atoms with Crippen LogP contribution in [0, 0.1) is 25.2 Å². The van der Waals surface area contributed by atoms with E-state index in [0.29, 0.717) is 18.8 Å². The van der Waals surface area contributed by atoms with Crippen LogP contribution in [0.15, 0.2) is 45.8 Å². The Labute approximate surface area is 201 Å². The van der Waals surface area contributed by atoms with Crippen molar-refractivity contribution in [1.82, 2.24) is 9.29 Å². The predicted molar refractivity (Wildman–Crippen MR) is 134 cm³/mol. The van der Waals surface area contributed by atoms with E-state index >= 15 is 0 Å². The molecule has 0 aliphatic carbocycles. The first kappa shape index (κ1) is 25.2. The highest BCUT2D eigenvalue weighted by atomic mass is 32.2. The molecule has 0 spiro atoms. The van der Waals surface area contributed by atoms with Crippen molar-refractivity contribution in [2.24, 2.45) is 4.99 Å². The second-order valence-corrected chi connectivity index (χ2v) is 10.1. The molecule has 1 aromatic carbocycles. The number of aryl methyl sites for hydroxylation is 1. The normalized spacial score (nSPS) is 14.6. The largest absolute Gasteiger partial charge is 0.349 e. The van der Waals surface area contributed by atoms with E-state index in [0.717, 1.165) is 49.2 Å². The molecule has 8 nitrogen and oxygen atoms in total. The summed E-state index contributed by atoms with van der Waals surface area (Å²) in [6.07, 6.45) is 5.99. The number of aliphatic imine (C=N–C) groups is 1. The summed E-state index contributed by atoms with van der Waals surface area (Å²) in [6.45, 7) is 7.52. The number of aromatic nitrogens is 1. The van der Waals surface area contributed by atoms with Crippen LogP contribution in [-0.4, -0.2) is 31.3 Å². The van der Waals surface area contributed by atoms with Crippen molar-refractivity contribution in [1.29, 1.82) is 5.26 Å². The molecular weight excluding hydrogens is 450 g/mol. The lowest BCUT2D eigenvalue weighted by atomic mass is 10.1. The molecule has 1 aliphatic rings. The highest BCUT2D eigenvalue weighted by Gasteiger charge is 2.19. The number of amides is 1. The van der Waals surface area contributed by atoms with Gasteiger partial charge >= 0.3 is 0 Å². The molecule has 1 aliphatic heterocycles. The Morgan fingerprint density at radius 1 is 1.24 bits per heavy atom. The summed E-state index contributed by atoms with van der Waals surface area (Å²) in [4.78, 5) is 17.1. The van der Waals surface area contributed by atoms with E-state index in [2.05, 4.69) is 26.5 Å². The van der Waals surface area contributed by atoms with E-state index in [1.807, 2.05) is 26.0 Å². The highest BCUT2D eigenvalue weighted by molar-refractivity contribution is 7.90. The third-order valence-electron chi connectivity index (χ3n) is 5.75. The van der Waals surface area contributed by atoms with E-state index in [1.54, 1.807) is 18.2 Å². The van der Waals surface area contributed by atoms with E-state index in [-0.39, 0.29) is 16.2 Å². The average molecular weight is 482 g/mol. The van der Waals surface area contributed by atoms with Crippen LogP contribution >= 0.6 is 0 Å². The summed E-state index contributed by atoms with van der Waals surface area (Å²) in [7, 11) is -3.84. The molecule has 0 bridgehead atoms. The maximum absolute atomic E-state index is 12.8. The number of benzene rings is 1. The minimum absolute atomic E-state index is 0.0165. The number of amidine groups is 1. The van der Waals surface area contributed by atoms with Crippen LogP contribution < -0.4 is 10.0 Å². The Bertz CT molecular complexity index is 1270. The summed E-state index contributed by atoms with van der Waals surface area (Å²) in [5.74, 6) is -0.138. The zero-order valence-corrected chi connectivity index (χ0v) is 20.7. The quantitative estimate of drug-likeness (QED) is 0.453. The van der Waals surface area contributed by atoms with Crippen LogP contribution in [0.2, 0.25) is 0 Å². The highest BCUT2D eigenvalue weighted by Crippen LogP contribution is 2.21. The van der Waals surface area contributed by atoms with E-state index in [1.165, 1.54) is 12.1 Å². The number of nitrogens with one attached hydrogen (secondary N) is 2. The average Bonchev–Trinajstić information content (AvgIpc) is 2.97. The molecule has 0 atom stereocenters. The maximum atomic E-state index is 12.8. The van der Waals surface area contributed by atoms with Crippen molar-refractivity contribution >= 4 is 33.5 Å². The second-order valence-electron chi connectivity index (χ2n) is 8.37. The van der Waals surface area contributed by atoms with Gasteiger partial charge in [0.05, 0.1) is 4.90 Å². The van der Waals surface area contributed by atoms with Gasteiger partial charge < -0.3 is 9.88 Å². The van der Waals surface area contributed by atoms with Gasteiger partial charge in [-0.05, 0) is 69.0 Å². The van der Waals surface area contributed by atoms with E-state index in [9.17, 15) is 18.5 Å². The lowest BCUT2D eigenvalue weighted by Crippen LogP contribution is -2.30. The lowest BCUT2D eigenvalue weighted by molar-refractivity contribution is -0.112. The van der Waals surface area contributed by atoms with Gasteiger partial charge in [-0.15, -0.1) is 0 Å². The van der Waals surface area contributed by atoms with Gasteiger partial charge in [0.25, 0.3) is 15.9 Å². The van der Waals surface area contributed by atoms with Crippen molar-refractivity contribution in [3.63, 3.8) is 0 Å². The molecule has 2 N–H and O–H groups in total. The summed E-state index contributed by atoms with van der Waals surface area (Å²) < 4.78 is 30.4. The number of hydrogen-bond acceptors (Lipinski definition) is 5. The molecule has 9 heteroatoms. The Morgan fingerprint density at radius 3 is 2.76 bits per heavy atom. The van der Waals surface area contributed by atoms with Gasteiger partial charge in [0.2, 0.25) is 0 Å². The third-order valence-corrected chi connectivity index (χ3v) is 7.13. The molecule has 2 aromatic rings. The van der Waals surface area contributed by atoms with Gasteiger partial charge in [-0.2, -0.15) is 5.26 Å². The molecule has 0 saturated carbocycles. The molecule has 2 heterocycles. The van der Waals surface area contributed by atoms with Crippen molar-refractivity contribution in [3.05, 3.63) is 52.9 Å². The standard InChI is InChI=1S/C25H31N5O3S/c1-4-13-30-18(2)14-20(19(30)3)15-21(17-26)25(31)28-22-9-8-10-23(16-22)34(32,33)29-24-11-6-5-7-12-27-24/h8-10,14-16H,4-7,11-13H2,1-3H3,(H,27,29)(H,28,31)/b21-15+. The van der Waals surface area contributed by atoms with Gasteiger partial charge in [-0.3, -0.25) is 14.5 Å². The van der Waals surface area contributed by atoms with Crippen LogP contribution in [-0.2, 0) is 21.4 Å². The zero-order valence-electron chi connectivity index (χ0n) is 19.9. The van der Waals surface area contributed by atoms with Crippen LogP contribution in [0.25, 0.3) is 6.08 Å². The Morgan fingerprint density at radius 2 is 2.03 bits per heavy atom. The van der Waals surface area contributed by atoms with Crippen LogP contribution in [0.5, 0.6) is 0 Å². The Hall–Kier alpha value is -3.38.